The second-order valence-corrected chi connectivity index (χ2v) is 5.54. The smallest absolute Gasteiger partial charge is 0.0935 e. The van der Waals surface area contributed by atoms with Crippen LogP contribution in [0.3, 0.4) is 0 Å². The molecule has 0 saturated heterocycles. The number of rotatable bonds is 1. The molecule has 1 N–H and O–H groups in total. The molecule has 0 saturated carbocycles. The van der Waals surface area contributed by atoms with E-state index in [9.17, 15) is 0 Å². The molecule has 0 amide bonds. The number of H-pyrrole nitrogens is 1. The highest BCUT2D eigenvalue weighted by molar-refractivity contribution is 7.19. The molecule has 16 heavy (non-hydrogen) atoms. The normalized spacial score (nSPS) is 11.1. The molecule has 3 rings (SSSR count). The van der Waals surface area contributed by atoms with Gasteiger partial charge >= 0.3 is 0 Å². The maximum atomic E-state index is 5.94. The van der Waals surface area contributed by atoms with Crippen LogP contribution in [0, 0.1) is 6.92 Å². The zero-order valence-electron chi connectivity index (χ0n) is 8.75. The van der Waals surface area contributed by atoms with Crippen molar-refractivity contribution < 1.29 is 0 Å². The fourth-order valence-corrected chi connectivity index (χ4v) is 2.91. The minimum absolute atomic E-state index is 0.824. The summed E-state index contributed by atoms with van der Waals surface area (Å²) in [5.41, 5.74) is 3.62. The quantitative estimate of drug-likeness (QED) is 0.632. The number of hydrogen-bond donors (Lipinski definition) is 1. The molecular weight excluding hydrogens is 238 g/mol. The molecule has 0 aliphatic rings. The predicted molar refractivity (Wildman–Crippen MR) is 71.4 cm³/mol. The van der Waals surface area contributed by atoms with Gasteiger partial charge in [-0.3, -0.25) is 0 Å². The van der Waals surface area contributed by atoms with Crippen molar-refractivity contribution in [2.75, 3.05) is 0 Å². The summed E-state index contributed by atoms with van der Waals surface area (Å²) in [5.74, 6) is 0. The first kappa shape index (κ1) is 9.94. The number of aromatic amines is 1. The zero-order chi connectivity index (χ0) is 11.1. The first-order valence-electron chi connectivity index (χ1n) is 5.08. The number of aromatic nitrogens is 1. The summed E-state index contributed by atoms with van der Waals surface area (Å²) in [4.78, 5) is 4.63. The summed E-state index contributed by atoms with van der Waals surface area (Å²) >= 11 is 7.54. The van der Waals surface area contributed by atoms with Crippen molar-refractivity contribution in [3.63, 3.8) is 0 Å². The highest BCUT2D eigenvalue weighted by atomic mass is 35.5. The molecule has 0 aliphatic carbocycles. The van der Waals surface area contributed by atoms with Gasteiger partial charge in [-0.1, -0.05) is 29.8 Å². The van der Waals surface area contributed by atoms with Crippen LogP contribution in [0.1, 0.15) is 5.56 Å². The number of para-hydroxylation sites is 1. The van der Waals surface area contributed by atoms with Gasteiger partial charge in [0.25, 0.3) is 0 Å². The van der Waals surface area contributed by atoms with Crippen molar-refractivity contribution in [1.29, 1.82) is 0 Å². The second-order valence-electron chi connectivity index (χ2n) is 3.83. The minimum atomic E-state index is 0.824. The zero-order valence-corrected chi connectivity index (χ0v) is 10.3. The molecule has 2 aromatic heterocycles. The Bertz CT molecular complexity index is 651. The van der Waals surface area contributed by atoms with E-state index in [0.717, 1.165) is 10.0 Å². The number of halogens is 1. The van der Waals surface area contributed by atoms with E-state index in [-0.39, 0.29) is 0 Å². The van der Waals surface area contributed by atoms with E-state index >= 15 is 0 Å². The molecule has 3 heteroatoms. The number of fused-ring (bicyclic) bond motifs is 1. The van der Waals surface area contributed by atoms with Crippen molar-refractivity contribution in [2.24, 2.45) is 0 Å². The van der Waals surface area contributed by atoms with Crippen LogP contribution in [0.2, 0.25) is 4.34 Å². The van der Waals surface area contributed by atoms with Crippen LogP contribution in [0.25, 0.3) is 21.5 Å². The van der Waals surface area contributed by atoms with Gasteiger partial charge in [0.15, 0.2) is 0 Å². The molecule has 1 aromatic carbocycles. The lowest BCUT2D eigenvalue weighted by Crippen LogP contribution is -1.74. The first-order valence-corrected chi connectivity index (χ1v) is 6.27. The maximum Gasteiger partial charge on any atom is 0.0935 e. The lowest BCUT2D eigenvalue weighted by molar-refractivity contribution is 1.42. The van der Waals surface area contributed by atoms with Crippen LogP contribution in [0.15, 0.2) is 36.4 Å². The monoisotopic (exact) mass is 247 g/mol. The van der Waals surface area contributed by atoms with E-state index in [1.165, 1.54) is 21.3 Å². The number of thiophene rings is 1. The van der Waals surface area contributed by atoms with Crippen molar-refractivity contribution in [1.82, 2.24) is 4.98 Å². The van der Waals surface area contributed by atoms with Gasteiger partial charge in [0.2, 0.25) is 0 Å². The van der Waals surface area contributed by atoms with Crippen LogP contribution in [0.4, 0.5) is 0 Å². The standard InChI is InChI=1S/C13H10ClNS/c1-8-3-2-4-9-7-10(15-13(8)9)11-5-6-12(14)16-11/h2-7,15H,1H3. The summed E-state index contributed by atoms with van der Waals surface area (Å²) in [6.07, 6.45) is 0. The van der Waals surface area contributed by atoms with Gasteiger partial charge in [-0.25, -0.2) is 0 Å². The molecule has 0 spiro atoms. The fraction of sp³-hybridized carbons (Fsp3) is 0.0769. The third-order valence-electron chi connectivity index (χ3n) is 2.70. The fourth-order valence-electron chi connectivity index (χ4n) is 1.90. The lowest BCUT2D eigenvalue weighted by atomic mass is 10.2. The molecule has 80 valence electrons. The van der Waals surface area contributed by atoms with E-state index in [4.69, 9.17) is 11.6 Å². The van der Waals surface area contributed by atoms with E-state index in [2.05, 4.69) is 36.2 Å². The first-order chi connectivity index (χ1) is 7.74. The minimum Gasteiger partial charge on any atom is -0.354 e. The van der Waals surface area contributed by atoms with Gasteiger partial charge in [-0.15, -0.1) is 11.3 Å². The average Bonchev–Trinajstić information content (AvgIpc) is 2.84. The number of benzene rings is 1. The second kappa shape index (κ2) is 3.65. The Labute approximate surface area is 103 Å². The summed E-state index contributed by atoms with van der Waals surface area (Å²) in [7, 11) is 0. The molecule has 0 fully saturated rings. The molecule has 0 bridgehead atoms. The molecule has 0 radical (unpaired) electrons. The van der Waals surface area contributed by atoms with E-state index in [0.29, 0.717) is 0 Å². The third-order valence-corrected chi connectivity index (χ3v) is 3.97. The van der Waals surface area contributed by atoms with Gasteiger partial charge in [0.05, 0.1) is 14.9 Å². The Balaban J connectivity index is 2.22. The average molecular weight is 248 g/mol. The van der Waals surface area contributed by atoms with Crippen molar-refractivity contribution in [3.05, 3.63) is 46.3 Å². The number of hydrogen-bond acceptors (Lipinski definition) is 1. The largest absolute Gasteiger partial charge is 0.354 e. The van der Waals surface area contributed by atoms with Gasteiger partial charge in [-0.05, 0) is 30.7 Å². The van der Waals surface area contributed by atoms with E-state index < -0.39 is 0 Å². The topological polar surface area (TPSA) is 15.8 Å². The summed E-state index contributed by atoms with van der Waals surface area (Å²) in [6, 6.07) is 12.5. The third kappa shape index (κ3) is 1.55. The summed E-state index contributed by atoms with van der Waals surface area (Å²) < 4.78 is 0.824. The Morgan fingerprint density at radius 2 is 2.06 bits per heavy atom. The van der Waals surface area contributed by atoms with Gasteiger partial charge in [0, 0.05) is 10.9 Å². The SMILES string of the molecule is Cc1cccc2cc(-c3ccc(Cl)s3)[nH]c12. The Hall–Kier alpha value is -1.25. The lowest BCUT2D eigenvalue weighted by Gasteiger charge is -1.93. The van der Waals surface area contributed by atoms with Crippen LogP contribution in [0.5, 0.6) is 0 Å². The van der Waals surface area contributed by atoms with Crippen LogP contribution in [-0.4, -0.2) is 4.98 Å². The highest BCUT2D eigenvalue weighted by Crippen LogP contribution is 2.32. The van der Waals surface area contributed by atoms with Crippen molar-refractivity contribution in [3.8, 4) is 10.6 Å². The molecule has 0 unspecified atom stereocenters. The Kier molecular flexibility index (Phi) is 2.27. The van der Waals surface area contributed by atoms with Crippen molar-refractivity contribution >= 4 is 33.8 Å². The number of nitrogens with one attached hydrogen (secondary N) is 1. The molecule has 0 aliphatic heterocycles. The number of aryl methyl sites for hydroxylation is 1. The van der Waals surface area contributed by atoms with Crippen LogP contribution < -0.4 is 0 Å². The Morgan fingerprint density at radius 3 is 2.75 bits per heavy atom. The van der Waals surface area contributed by atoms with Gasteiger partial charge in [-0.2, -0.15) is 0 Å². The van der Waals surface area contributed by atoms with Crippen LogP contribution >= 0.6 is 22.9 Å². The van der Waals surface area contributed by atoms with E-state index in [1.807, 2.05) is 12.1 Å². The molecule has 1 nitrogen and oxygen atoms in total. The molecule has 3 aromatic rings. The van der Waals surface area contributed by atoms with Gasteiger partial charge in [0.1, 0.15) is 0 Å². The summed E-state index contributed by atoms with van der Waals surface area (Å²) in [6.45, 7) is 2.12. The molecular formula is C13H10ClNS. The van der Waals surface area contributed by atoms with E-state index in [1.54, 1.807) is 11.3 Å². The van der Waals surface area contributed by atoms with Gasteiger partial charge < -0.3 is 4.98 Å². The van der Waals surface area contributed by atoms with Crippen molar-refractivity contribution in [2.45, 2.75) is 6.92 Å². The molecule has 0 atom stereocenters. The highest BCUT2D eigenvalue weighted by Gasteiger charge is 2.06. The van der Waals surface area contributed by atoms with Crippen LogP contribution in [-0.2, 0) is 0 Å². The maximum absolute atomic E-state index is 5.94. The summed E-state index contributed by atoms with van der Waals surface area (Å²) in [5, 5.41) is 1.25. The molecule has 2 heterocycles. The predicted octanol–water partition coefficient (Wildman–Crippen LogP) is 4.86. The Morgan fingerprint density at radius 1 is 1.19 bits per heavy atom.